The largest absolute Gasteiger partial charge is 0.458 e. The van der Waals surface area contributed by atoms with E-state index in [1.54, 1.807) is 41.5 Å². The SMILES string of the molecule is CC(C)(C)OC(=O)C1CC[C@H](O)N1C(=O)OC(C)(C)C. The van der Waals surface area contributed by atoms with E-state index in [1.807, 2.05) is 0 Å². The molecule has 1 unspecified atom stereocenters. The van der Waals surface area contributed by atoms with Crippen LogP contribution >= 0.6 is 0 Å². The van der Waals surface area contributed by atoms with Gasteiger partial charge in [-0.1, -0.05) is 0 Å². The molecule has 0 spiro atoms. The van der Waals surface area contributed by atoms with E-state index in [-0.39, 0.29) is 0 Å². The molecular formula is C14H25NO5. The first-order valence-corrected chi connectivity index (χ1v) is 6.83. The van der Waals surface area contributed by atoms with Gasteiger partial charge in [0.2, 0.25) is 0 Å². The fourth-order valence-corrected chi connectivity index (χ4v) is 1.96. The Morgan fingerprint density at radius 2 is 1.50 bits per heavy atom. The molecule has 0 aromatic rings. The number of hydrogen-bond donors (Lipinski definition) is 1. The first-order chi connectivity index (χ1) is 8.91. The van der Waals surface area contributed by atoms with Crippen molar-refractivity contribution in [2.45, 2.75) is 77.9 Å². The van der Waals surface area contributed by atoms with E-state index in [0.29, 0.717) is 12.8 Å². The third-order valence-electron chi connectivity index (χ3n) is 2.64. The van der Waals surface area contributed by atoms with E-state index in [4.69, 9.17) is 9.47 Å². The lowest BCUT2D eigenvalue weighted by Gasteiger charge is -2.31. The van der Waals surface area contributed by atoms with Crippen molar-refractivity contribution in [2.75, 3.05) is 0 Å². The summed E-state index contributed by atoms with van der Waals surface area (Å²) in [6, 6.07) is -0.793. The molecule has 0 aromatic heterocycles. The maximum atomic E-state index is 12.1. The van der Waals surface area contributed by atoms with Crippen LogP contribution < -0.4 is 0 Å². The maximum Gasteiger partial charge on any atom is 0.413 e. The van der Waals surface area contributed by atoms with E-state index >= 15 is 0 Å². The highest BCUT2D eigenvalue weighted by molar-refractivity contribution is 5.82. The number of nitrogens with zero attached hydrogens (tertiary/aromatic N) is 1. The van der Waals surface area contributed by atoms with Crippen molar-refractivity contribution in [3.8, 4) is 0 Å². The molecule has 1 saturated heterocycles. The summed E-state index contributed by atoms with van der Waals surface area (Å²) in [4.78, 5) is 25.3. The fraction of sp³-hybridized carbons (Fsp3) is 0.857. The summed E-state index contributed by atoms with van der Waals surface area (Å²) in [6.07, 6.45) is -1.00. The van der Waals surface area contributed by atoms with Gasteiger partial charge in [-0.05, 0) is 54.4 Å². The number of aliphatic hydroxyl groups excluding tert-OH is 1. The first kappa shape index (κ1) is 16.8. The maximum absolute atomic E-state index is 12.1. The molecule has 20 heavy (non-hydrogen) atoms. The van der Waals surface area contributed by atoms with E-state index in [2.05, 4.69) is 0 Å². The zero-order chi connectivity index (χ0) is 15.7. The predicted molar refractivity (Wildman–Crippen MR) is 72.9 cm³/mol. The average molecular weight is 287 g/mol. The van der Waals surface area contributed by atoms with E-state index in [0.717, 1.165) is 4.90 Å². The van der Waals surface area contributed by atoms with Crippen molar-refractivity contribution >= 4 is 12.1 Å². The van der Waals surface area contributed by atoms with Crippen LogP contribution in [0.4, 0.5) is 4.79 Å². The summed E-state index contributed by atoms with van der Waals surface area (Å²) in [5.74, 6) is -0.514. The highest BCUT2D eigenvalue weighted by atomic mass is 16.6. The molecule has 1 heterocycles. The van der Waals surface area contributed by atoms with Gasteiger partial charge >= 0.3 is 12.1 Å². The van der Waals surface area contributed by atoms with Gasteiger partial charge in [0, 0.05) is 0 Å². The summed E-state index contributed by atoms with van der Waals surface area (Å²) in [7, 11) is 0. The van der Waals surface area contributed by atoms with Gasteiger partial charge in [0.05, 0.1) is 0 Å². The molecule has 0 aliphatic carbocycles. The Morgan fingerprint density at radius 1 is 1.00 bits per heavy atom. The van der Waals surface area contributed by atoms with Crippen LogP contribution in [0.1, 0.15) is 54.4 Å². The van der Waals surface area contributed by atoms with Gasteiger partial charge in [0.1, 0.15) is 23.5 Å². The number of carbonyl (C=O) groups excluding carboxylic acids is 2. The fourth-order valence-electron chi connectivity index (χ4n) is 1.96. The summed E-state index contributed by atoms with van der Waals surface area (Å²) in [6.45, 7) is 10.5. The highest BCUT2D eigenvalue weighted by Gasteiger charge is 2.43. The Bertz CT molecular complexity index is 380. The van der Waals surface area contributed by atoms with Gasteiger partial charge < -0.3 is 14.6 Å². The van der Waals surface area contributed by atoms with Crippen molar-refractivity contribution < 1.29 is 24.2 Å². The topological polar surface area (TPSA) is 76.1 Å². The van der Waals surface area contributed by atoms with Crippen LogP contribution in [0.2, 0.25) is 0 Å². The lowest BCUT2D eigenvalue weighted by molar-refractivity contribution is -0.162. The van der Waals surface area contributed by atoms with Crippen LogP contribution in [0.15, 0.2) is 0 Å². The van der Waals surface area contributed by atoms with Crippen LogP contribution in [0.5, 0.6) is 0 Å². The van der Waals surface area contributed by atoms with Crippen molar-refractivity contribution in [1.82, 2.24) is 4.90 Å². The molecule has 1 aliphatic heterocycles. The molecule has 1 N–H and O–H groups in total. The Balaban J connectivity index is 2.81. The lowest BCUT2D eigenvalue weighted by Crippen LogP contribution is -2.48. The predicted octanol–water partition coefficient (Wildman–Crippen LogP) is 2.05. The zero-order valence-corrected chi connectivity index (χ0v) is 13.1. The number of rotatable bonds is 1. The molecule has 1 rings (SSSR count). The van der Waals surface area contributed by atoms with Gasteiger partial charge in [-0.15, -0.1) is 0 Å². The van der Waals surface area contributed by atoms with Crippen molar-refractivity contribution in [1.29, 1.82) is 0 Å². The minimum atomic E-state index is -1.01. The first-order valence-electron chi connectivity index (χ1n) is 6.83. The van der Waals surface area contributed by atoms with Crippen LogP contribution in [-0.2, 0) is 14.3 Å². The second-order valence-corrected chi connectivity index (χ2v) is 6.99. The molecule has 6 nitrogen and oxygen atoms in total. The lowest BCUT2D eigenvalue weighted by atomic mass is 10.1. The molecule has 0 saturated carbocycles. The second-order valence-electron chi connectivity index (χ2n) is 6.99. The monoisotopic (exact) mass is 287 g/mol. The number of carbonyl (C=O) groups is 2. The molecule has 0 bridgehead atoms. The number of likely N-dealkylation sites (tertiary alicyclic amines) is 1. The Kier molecular flexibility index (Phi) is 4.69. The van der Waals surface area contributed by atoms with E-state index < -0.39 is 35.5 Å². The molecule has 6 heteroatoms. The van der Waals surface area contributed by atoms with Crippen molar-refractivity contribution in [3.05, 3.63) is 0 Å². The summed E-state index contributed by atoms with van der Waals surface area (Å²) >= 11 is 0. The molecule has 1 amide bonds. The highest BCUT2D eigenvalue weighted by Crippen LogP contribution is 2.27. The summed E-state index contributed by atoms with van der Waals surface area (Å²) in [5, 5.41) is 9.89. The van der Waals surface area contributed by atoms with E-state index in [1.165, 1.54) is 0 Å². The molecule has 0 aromatic carbocycles. The number of ether oxygens (including phenoxy) is 2. The second kappa shape index (κ2) is 5.60. The van der Waals surface area contributed by atoms with Crippen LogP contribution in [-0.4, -0.2) is 45.5 Å². The van der Waals surface area contributed by atoms with Gasteiger partial charge in [-0.25, -0.2) is 9.59 Å². The number of amides is 1. The van der Waals surface area contributed by atoms with Gasteiger partial charge in [-0.2, -0.15) is 0 Å². The molecule has 0 radical (unpaired) electrons. The third-order valence-corrected chi connectivity index (χ3v) is 2.64. The Hall–Kier alpha value is -1.30. The number of aliphatic hydroxyl groups is 1. The minimum Gasteiger partial charge on any atom is -0.458 e. The number of esters is 1. The van der Waals surface area contributed by atoms with Crippen LogP contribution in [0, 0.1) is 0 Å². The summed E-state index contributed by atoms with van der Waals surface area (Å²) < 4.78 is 10.5. The zero-order valence-electron chi connectivity index (χ0n) is 13.1. The average Bonchev–Trinajstić information content (AvgIpc) is 2.54. The van der Waals surface area contributed by atoms with Gasteiger partial charge in [0.15, 0.2) is 0 Å². The Morgan fingerprint density at radius 3 is 1.95 bits per heavy atom. The smallest absolute Gasteiger partial charge is 0.413 e. The number of hydrogen-bond acceptors (Lipinski definition) is 5. The van der Waals surface area contributed by atoms with Gasteiger partial charge in [0.25, 0.3) is 0 Å². The molecule has 2 atom stereocenters. The standard InChI is InChI=1S/C14H25NO5/c1-13(2,3)19-11(17)9-7-8-10(16)15(9)12(18)20-14(4,5)6/h9-10,16H,7-8H2,1-6H3/t9?,10-/m0/s1. The molecule has 1 fully saturated rings. The summed E-state index contributed by atoms with van der Waals surface area (Å²) in [5.41, 5.74) is -1.32. The minimum absolute atomic E-state index is 0.336. The molecule has 116 valence electrons. The molecular weight excluding hydrogens is 262 g/mol. The van der Waals surface area contributed by atoms with Crippen LogP contribution in [0.25, 0.3) is 0 Å². The van der Waals surface area contributed by atoms with E-state index in [9.17, 15) is 14.7 Å². The van der Waals surface area contributed by atoms with Crippen molar-refractivity contribution in [2.24, 2.45) is 0 Å². The van der Waals surface area contributed by atoms with Gasteiger partial charge in [-0.3, -0.25) is 4.90 Å². The Labute approximate surface area is 120 Å². The van der Waals surface area contributed by atoms with Crippen molar-refractivity contribution in [3.63, 3.8) is 0 Å². The molecule has 1 aliphatic rings. The quantitative estimate of drug-likeness (QED) is 0.747. The normalized spacial score (nSPS) is 23.6. The van der Waals surface area contributed by atoms with Crippen LogP contribution in [0.3, 0.4) is 0 Å². The third kappa shape index (κ3) is 4.67.